The summed E-state index contributed by atoms with van der Waals surface area (Å²) in [7, 11) is 0. The Kier molecular flexibility index (Phi) is 2.66. The van der Waals surface area contributed by atoms with Crippen molar-refractivity contribution in [1.29, 1.82) is 0 Å². The van der Waals surface area contributed by atoms with E-state index < -0.39 is 11.4 Å². The van der Waals surface area contributed by atoms with E-state index in [4.69, 9.17) is 5.11 Å². The smallest absolute Gasteiger partial charge is 0.341 e. The van der Waals surface area contributed by atoms with E-state index in [1.165, 1.54) is 6.20 Å². The fraction of sp³-hybridized carbons (Fsp3) is 0.188. The van der Waals surface area contributed by atoms with Crippen LogP contribution < -0.4 is 5.43 Å². The van der Waals surface area contributed by atoms with Crippen molar-refractivity contribution in [2.45, 2.75) is 18.8 Å². The summed E-state index contributed by atoms with van der Waals surface area (Å²) < 4.78 is 1.68. The fourth-order valence-electron chi connectivity index (χ4n) is 2.69. The third-order valence-electron chi connectivity index (χ3n) is 3.93. The molecule has 0 radical (unpaired) electrons. The fourth-order valence-corrected chi connectivity index (χ4v) is 2.69. The number of aromatic amines is 1. The number of carboxylic acids is 1. The number of aromatic nitrogens is 3. The minimum absolute atomic E-state index is 0.248. The number of pyridine rings is 1. The molecular formula is C16H13N3O3. The van der Waals surface area contributed by atoms with E-state index in [1.54, 1.807) is 4.68 Å². The SMILES string of the molecule is O=C(O)c1c[nH]c2c(c(C3CC3)nn2-c2ccccc2)c1=O. The number of H-pyrrole nitrogens is 1. The summed E-state index contributed by atoms with van der Waals surface area (Å²) in [4.78, 5) is 26.6. The van der Waals surface area contributed by atoms with E-state index in [9.17, 15) is 9.59 Å². The third-order valence-corrected chi connectivity index (χ3v) is 3.93. The number of benzene rings is 1. The van der Waals surface area contributed by atoms with Crippen molar-refractivity contribution >= 4 is 17.0 Å². The lowest BCUT2D eigenvalue weighted by atomic mass is 10.1. The van der Waals surface area contributed by atoms with Crippen LogP contribution >= 0.6 is 0 Å². The summed E-state index contributed by atoms with van der Waals surface area (Å²) in [5, 5.41) is 14.1. The third kappa shape index (κ3) is 1.84. The minimum atomic E-state index is -1.22. The number of aromatic carboxylic acids is 1. The maximum atomic E-state index is 12.5. The van der Waals surface area contributed by atoms with Gasteiger partial charge >= 0.3 is 5.97 Å². The Morgan fingerprint density at radius 2 is 2.00 bits per heavy atom. The van der Waals surface area contributed by atoms with E-state index in [1.807, 2.05) is 30.3 Å². The topological polar surface area (TPSA) is 88.0 Å². The molecule has 6 heteroatoms. The summed E-state index contributed by atoms with van der Waals surface area (Å²) in [5.41, 5.74) is 1.36. The summed E-state index contributed by atoms with van der Waals surface area (Å²) in [6.45, 7) is 0. The molecular weight excluding hydrogens is 282 g/mol. The van der Waals surface area contributed by atoms with Gasteiger partial charge in [0.2, 0.25) is 5.43 Å². The molecule has 22 heavy (non-hydrogen) atoms. The molecule has 3 aromatic rings. The standard InChI is InChI=1S/C16H13N3O3/c20-14-11(16(21)22)8-17-15-12(14)13(9-6-7-9)18-19(15)10-4-2-1-3-5-10/h1-5,8-9H,6-7H2,(H,17,20)(H,21,22). The number of hydrogen-bond donors (Lipinski definition) is 2. The molecule has 4 rings (SSSR count). The second kappa shape index (κ2) is 4.56. The zero-order valence-corrected chi connectivity index (χ0v) is 11.6. The molecule has 110 valence electrons. The van der Waals surface area contributed by atoms with Gasteiger partial charge in [-0.05, 0) is 25.0 Å². The normalized spacial score (nSPS) is 14.4. The quantitative estimate of drug-likeness (QED) is 0.776. The second-order valence-electron chi connectivity index (χ2n) is 5.47. The van der Waals surface area contributed by atoms with Crippen LogP contribution in [0.15, 0.2) is 41.3 Å². The molecule has 1 aromatic carbocycles. The molecule has 1 aliphatic rings. The molecule has 1 saturated carbocycles. The largest absolute Gasteiger partial charge is 0.477 e. The van der Waals surface area contributed by atoms with Gasteiger partial charge < -0.3 is 10.1 Å². The van der Waals surface area contributed by atoms with Crippen molar-refractivity contribution in [2.24, 2.45) is 0 Å². The van der Waals surface area contributed by atoms with E-state index in [0.29, 0.717) is 16.7 Å². The Morgan fingerprint density at radius 1 is 1.27 bits per heavy atom. The van der Waals surface area contributed by atoms with Crippen LogP contribution in [0.2, 0.25) is 0 Å². The van der Waals surface area contributed by atoms with Crippen LogP contribution in [0, 0.1) is 0 Å². The first kappa shape index (κ1) is 12.8. The maximum absolute atomic E-state index is 12.5. The van der Waals surface area contributed by atoms with E-state index in [2.05, 4.69) is 10.1 Å². The summed E-state index contributed by atoms with van der Waals surface area (Å²) in [6, 6.07) is 9.48. The van der Waals surface area contributed by atoms with Gasteiger partial charge in [0, 0.05) is 12.1 Å². The van der Waals surface area contributed by atoms with Crippen molar-refractivity contribution in [3.8, 4) is 5.69 Å². The number of nitrogens with one attached hydrogen (secondary N) is 1. The number of carbonyl (C=O) groups is 1. The lowest BCUT2D eigenvalue weighted by Gasteiger charge is -2.02. The molecule has 0 spiro atoms. The van der Waals surface area contributed by atoms with Gasteiger partial charge in [-0.3, -0.25) is 4.79 Å². The average molecular weight is 295 g/mol. The number of hydrogen-bond acceptors (Lipinski definition) is 3. The van der Waals surface area contributed by atoms with Gasteiger partial charge in [-0.2, -0.15) is 5.10 Å². The van der Waals surface area contributed by atoms with Gasteiger partial charge in [0.1, 0.15) is 11.2 Å². The molecule has 0 amide bonds. The number of rotatable bonds is 3. The molecule has 0 atom stereocenters. The number of fused-ring (bicyclic) bond motifs is 1. The Bertz CT molecular complexity index is 936. The van der Waals surface area contributed by atoms with Crippen LogP contribution in [0.25, 0.3) is 16.7 Å². The molecule has 1 aliphatic carbocycles. The average Bonchev–Trinajstić information content (AvgIpc) is 3.29. The molecule has 0 aliphatic heterocycles. The van der Waals surface area contributed by atoms with Crippen molar-refractivity contribution in [2.75, 3.05) is 0 Å². The number of carboxylic acid groups (broad SMARTS) is 1. The predicted molar refractivity (Wildman–Crippen MR) is 80.6 cm³/mol. The van der Waals surface area contributed by atoms with Gasteiger partial charge in [-0.25, -0.2) is 9.48 Å². The van der Waals surface area contributed by atoms with Crippen LogP contribution in [-0.4, -0.2) is 25.8 Å². The van der Waals surface area contributed by atoms with Crippen LogP contribution in [0.4, 0.5) is 0 Å². The highest BCUT2D eigenvalue weighted by Crippen LogP contribution is 2.41. The highest BCUT2D eigenvalue weighted by molar-refractivity contribution is 5.92. The van der Waals surface area contributed by atoms with Crippen molar-refractivity contribution in [3.05, 3.63) is 58.0 Å². The monoisotopic (exact) mass is 295 g/mol. The Balaban J connectivity index is 2.07. The first-order valence-electron chi connectivity index (χ1n) is 7.10. The Morgan fingerprint density at radius 3 is 2.64 bits per heavy atom. The minimum Gasteiger partial charge on any atom is -0.477 e. The van der Waals surface area contributed by atoms with Gasteiger partial charge in [-0.15, -0.1) is 0 Å². The van der Waals surface area contributed by atoms with Crippen LogP contribution in [0.3, 0.4) is 0 Å². The van der Waals surface area contributed by atoms with Crippen molar-refractivity contribution in [3.63, 3.8) is 0 Å². The molecule has 1 fully saturated rings. The zero-order valence-electron chi connectivity index (χ0n) is 11.6. The molecule has 0 saturated heterocycles. The predicted octanol–water partition coefficient (Wildman–Crippen LogP) is 2.29. The molecule has 2 aromatic heterocycles. The first-order chi connectivity index (χ1) is 10.7. The van der Waals surface area contributed by atoms with Gasteiger partial charge in [0.25, 0.3) is 0 Å². The van der Waals surface area contributed by atoms with Gasteiger partial charge in [-0.1, -0.05) is 18.2 Å². The maximum Gasteiger partial charge on any atom is 0.341 e. The zero-order chi connectivity index (χ0) is 15.3. The lowest BCUT2D eigenvalue weighted by Crippen LogP contribution is -2.16. The summed E-state index contributed by atoms with van der Waals surface area (Å²) >= 11 is 0. The first-order valence-corrected chi connectivity index (χ1v) is 7.10. The van der Waals surface area contributed by atoms with Crippen LogP contribution in [-0.2, 0) is 0 Å². The molecule has 0 bridgehead atoms. The molecule has 2 heterocycles. The van der Waals surface area contributed by atoms with Gasteiger partial charge in [0.05, 0.1) is 16.8 Å². The highest BCUT2D eigenvalue weighted by Gasteiger charge is 2.31. The number of nitrogens with zero attached hydrogens (tertiary/aromatic N) is 2. The highest BCUT2D eigenvalue weighted by atomic mass is 16.4. The van der Waals surface area contributed by atoms with E-state index >= 15 is 0 Å². The molecule has 6 nitrogen and oxygen atoms in total. The second-order valence-corrected chi connectivity index (χ2v) is 5.47. The Hall–Kier alpha value is -2.89. The van der Waals surface area contributed by atoms with Gasteiger partial charge in [0.15, 0.2) is 0 Å². The number of para-hydroxylation sites is 1. The summed E-state index contributed by atoms with van der Waals surface area (Å²) in [6.07, 6.45) is 3.21. The van der Waals surface area contributed by atoms with Crippen LogP contribution in [0.1, 0.15) is 34.8 Å². The lowest BCUT2D eigenvalue weighted by molar-refractivity contribution is 0.0695. The van der Waals surface area contributed by atoms with Crippen molar-refractivity contribution < 1.29 is 9.90 Å². The van der Waals surface area contributed by atoms with E-state index in [0.717, 1.165) is 18.5 Å². The van der Waals surface area contributed by atoms with E-state index in [-0.39, 0.29) is 11.5 Å². The summed E-state index contributed by atoms with van der Waals surface area (Å²) in [5.74, 6) is -0.977. The van der Waals surface area contributed by atoms with Crippen molar-refractivity contribution in [1.82, 2.24) is 14.8 Å². The molecule has 2 N–H and O–H groups in total. The molecule has 0 unspecified atom stereocenters. The van der Waals surface area contributed by atoms with Crippen LogP contribution in [0.5, 0.6) is 0 Å². The Labute approximate surface area is 125 Å².